The van der Waals surface area contributed by atoms with Crippen LogP contribution in [0.4, 0.5) is 0 Å². The molecule has 1 aromatic heterocycles. The summed E-state index contributed by atoms with van der Waals surface area (Å²) in [5.74, 6) is -1.78. The maximum absolute atomic E-state index is 14.4. The first-order valence-electron chi connectivity index (χ1n) is 13.1. The van der Waals surface area contributed by atoms with E-state index in [9.17, 15) is 28.0 Å². The zero-order valence-corrected chi connectivity index (χ0v) is 24.8. The summed E-state index contributed by atoms with van der Waals surface area (Å²) in [5.41, 5.74) is 4.13. The van der Waals surface area contributed by atoms with Crippen LogP contribution in [-0.2, 0) is 26.1 Å². The van der Waals surface area contributed by atoms with Crippen LogP contribution in [0, 0.1) is 13.8 Å². The van der Waals surface area contributed by atoms with E-state index >= 15 is 0 Å². The van der Waals surface area contributed by atoms with Crippen molar-refractivity contribution in [2.24, 2.45) is 0 Å². The molecule has 1 heterocycles. The van der Waals surface area contributed by atoms with Gasteiger partial charge in [-0.15, -0.1) is 0 Å². The van der Waals surface area contributed by atoms with Gasteiger partial charge in [0, 0.05) is 30.4 Å². The molecule has 0 saturated heterocycles. The predicted octanol–water partition coefficient (Wildman–Crippen LogP) is 3.07. The fourth-order valence-corrected chi connectivity index (χ4v) is 6.85. The van der Waals surface area contributed by atoms with Crippen LogP contribution in [0.2, 0.25) is 0 Å². The number of benzene rings is 3. The normalized spacial score (nSPS) is 12.1. The topological polar surface area (TPSA) is 167 Å². The van der Waals surface area contributed by atoms with Crippen LogP contribution >= 0.6 is 0 Å². The summed E-state index contributed by atoms with van der Waals surface area (Å²) in [6.07, 6.45) is 1.75. The molecule has 0 radical (unpaired) electrons. The lowest BCUT2D eigenvalue weighted by atomic mass is 10.1. The molecule has 1 unspecified atom stereocenters. The van der Waals surface area contributed by atoms with E-state index in [4.69, 9.17) is 4.74 Å². The Labute approximate surface area is 248 Å². The molecule has 43 heavy (non-hydrogen) atoms. The number of carbonyl (C=O) groups excluding carboxylic acids is 3. The van der Waals surface area contributed by atoms with Crippen molar-refractivity contribution >= 4 is 38.7 Å². The number of sulfonamides is 1. The Kier molecular flexibility index (Phi) is 9.49. The molecule has 226 valence electrons. The van der Waals surface area contributed by atoms with Gasteiger partial charge in [0.15, 0.2) is 0 Å². The van der Waals surface area contributed by atoms with Gasteiger partial charge in [-0.05, 0) is 90.5 Å². The van der Waals surface area contributed by atoms with E-state index in [0.717, 1.165) is 15.2 Å². The van der Waals surface area contributed by atoms with Crippen LogP contribution in [0.15, 0.2) is 71.8 Å². The molecule has 4 aromatic rings. The molecular formula is C30H32N4O8S. The number of rotatable bonds is 11. The summed E-state index contributed by atoms with van der Waals surface area (Å²) >= 11 is 0. The molecule has 0 bridgehead atoms. The third-order valence-corrected chi connectivity index (χ3v) is 9.14. The van der Waals surface area contributed by atoms with E-state index in [1.165, 1.54) is 38.5 Å². The summed E-state index contributed by atoms with van der Waals surface area (Å²) in [6, 6.07) is 14.3. The second-order valence-electron chi connectivity index (χ2n) is 9.81. The van der Waals surface area contributed by atoms with Gasteiger partial charge < -0.3 is 19.8 Å². The van der Waals surface area contributed by atoms with Crippen molar-refractivity contribution in [3.8, 4) is 5.75 Å². The molecule has 1 atom stereocenters. The number of carbonyl (C=O) groups is 3. The molecule has 4 rings (SSSR count). The van der Waals surface area contributed by atoms with Gasteiger partial charge in [0.1, 0.15) is 11.8 Å². The van der Waals surface area contributed by atoms with E-state index in [-0.39, 0.29) is 22.6 Å². The lowest BCUT2D eigenvalue weighted by molar-refractivity contribution is -0.133. The minimum atomic E-state index is -4.42. The molecule has 0 aliphatic rings. The SMILES string of the molecule is COC(=O)c1ccc(C(=O)NCC(C(=O)NO)N(Cc2ccc3[nH]ccc3c2)S(=O)(=O)c2c(C)cc(OC)cc2C)cc1. The van der Waals surface area contributed by atoms with Crippen LogP contribution in [-0.4, -0.2) is 67.5 Å². The van der Waals surface area contributed by atoms with Crippen molar-refractivity contribution in [1.82, 2.24) is 20.1 Å². The molecule has 3 aromatic carbocycles. The minimum Gasteiger partial charge on any atom is -0.497 e. The monoisotopic (exact) mass is 608 g/mol. The predicted molar refractivity (Wildman–Crippen MR) is 157 cm³/mol. The third kappa shape index (κ3) is 6.69. The minimum absolute atomic E-state index is 0.0310. The van der Waals surface area contributed by atoms with E-state index in [1.807, 2.05) is 6.07 Å². The quantitative estimate of drug-likeness (QED) is 0.115. The number of aryl methyl sites for hydroxylation is 2. The number of nitrogens with zero attached hydrogens (tertiary/aromatic N) is 1. The first kappa shape index (κ1) is 31.2. The molecule has 13 heteroatoms. The molecule has 2 amide bonds. The number of hydrogen-bond donors (Lipinski definition) is 4. The number of methoxy groups -OCH3 is 2. The van der Waals surface area contributed by atoms with Crippen LogP contribution in [0.5, 0.6) is 5.75 Å². The van der Waals surface area contributed by atoms with Gasteiger partial charge >= 0.3 is 5.97 Å². The molecule has 4 N–H and O–H groups in total. The Balaban J connectivity index is 1.73. The number of aromatic amines is 1. The number of ether oxygens (including phenoxy) is 2. The van der Waals surface area contributed by atoms with Crippen molar-refractivity contribution in [3.05, 3.63) is 94.7 Å². The molecule has 0 fully saturated rings. The van der Waals surface area contributed by atoms with Gasteiger partial charge in [0.25, 0.3) is 11.8 Å². The number of nitrogens with one attached hydrogen (secondary N) is 3. The second kappa shape index (κ2) is 13.1. The number of amides is 2. The third-order valence-electron chi connectivity index (χ3n) is 6.98. The first-order chi connectivity index (χ1) is 20.5. The molecule has 12 nitrogen and oxygen atoms in total. The van der Waals surface area contributed by atoms with Gasteiger partial charge in [-0.1, -0.05) is 6.07 Å². The number of esters is 1. The summed E-state index contributed by atoms with van der Waals surface area (Å²) < 4.78 is 39.6. The van der Waals surface area contributed by atoms with Crippen molar-refractivity contribution in [1.29, 1.82) is 0 Å². The Bertz CT molecular complexity index is 1740. The highest BCUT2D eigenvalue weighted by Crippen LogP contribution is 2.31. The van der Waals surface area contributed by atoms with Crippen LogP contribution in [0.25, 0.3) is 10.9 Å². The zero-order valence-electron chi connectivity index (χ0n) is 24.0. The lowest BCUT2D eigenvalue weighted by Crippen LogP contribution is -2.54. The molecular weight excluding hydrogens is 576 g/mol. The van der Waals surface area contributed by atoms with Crippen LogP contribution in [0.1, 0.15) is 37.4 Å². The largest absolute Gasteiger partial charge is 0.497 e. The Morgan fingerprint density at radius 2 is 1.60 bits per heavy atom. The van der Waals surface area contributed by atoms with Crippen molar-refractivity contribution in [3.63, 3.8) is 0 Å². The Morgan fingerprint density at radius 3 is 2.21 bits per heavy atom. The summed E-state index contributed by atoms with van der Waals surface area (Å²) in [7, 11) is -1.71. The van der Waals surface area contributed by atoms with Gasteiger partial charge in [0.2, 0.25) is 10.0 Å². The average Bonchev–Trinajstić information content (AvgIpc) is 3.47. The maximum atomic E-state index is 14.4. The first-order valence-corrected chi connectivity index (χ1v) is 14.6. The maximum Gasteiger partial charge on any atom is 0.337 e. The fraction of sp³-hybridized carbons (Fsp3) is 0.233. The van der Waals surface area contributed by atoms with Gasteiger partial charge in [0.05, 0.1) is 24.7 Å². The number of H-pyrrole nitrogens is 1. The number of fused-ring (bicyclic) bond motifs is 1. The van der Waals surface area contributed by atoms with Gasteiger partial charge in [-0.3, -0.25) is 14.8 Å². The molecule has 0 spiro atoms. The molecule has 0 saturated carbocycles. The highest BCUT2D eigenvalue weighted by molar-refractivity contribution is 7.89. The highest BCUT2D eigenvalue weighted by Gasteiger charge is 2.38. The zero-order chi connectivity index (χ0) is 31.3. The van der Waals surface area contributed by atoms with E-state index < -0.39 is 40.4 Å². The van der Waals surface area contributed by atoms with E-state index in [0.29, 0.717) is 22.4 Å². The standard InChI is InChI=1S/C30H32N4O8S/c1-18-13-24(41-3)14-19(2)27(18)43(39,40)34(17-20-5-10-25-23(15-20)11-12-31-25)26(29(36)33-38)16-32-28(35)21-6-8-22(9-7-21)30(37)42-4/h5-15,26,31,38H,16-17H2,1-4H3,(H,32,35)(H,33,36). The van der Waals surface area contributed by atoms with Gasteiger partial charge in [-0.25, -0.2) is 18.7 Å². The summed E-state index contributed by atoms with van der Waals surface area (Å²) in [5, 5.41) is 13.1. The fourth-order valence-electron chi connectivity index (χ4n) is 4.86. The Morgan fingerprint density at radius 1 is 0.953 bits per heavy atom. The summed E-state index contributed by atoms with van der Waals surface area (Å²) in [4.78, 5) is 40.9. The second-order valence-corrected chi connectivity index (χ2v) is 11.6. The smallest absolute Gasteiger partial charge is 0.337 e. The molecule has 0 aliphatic heterocycles. The van der Waals surface area contributed by atoms with Crippen LogP contribution in [0.3, 0.4) is 0 Å². The van der Waals surface area contributed by atoms with Crippen molar-refractivity contribution < 1.29 is 37.5 Å². The van der Waals surface area contributed by atoms with Crippen LogP contribution < -0.4 is 15.5 Å². The van der Waals surface area contributed by atoms with Crippen molar-refractivity contribution in [2.75, 3.05) is 20.8 Å². The highest BCUT2D eigenvalue weighted by atomic mass is 32.2. The Hall–Kier alpha value is -4.72. The van der Waals surface area contributed by atoms with E-state index in [2.05, 4.69) is 15.0 Å². The average molecular weight is 609 g/mol. The van der Waals surface area contributed by atoms with E-state index in [1.54, 1.807) is 55.9 Å². The lowest BCUT2D eigenvalue weighted by Gasteiger charge is -2.31. The number of hydroxylamine groups is 1. The summed E-state index contributed by atoms with van der Waals surface area (Å²) in [6.45, 7) is 2.50. The number of aromatic nitrogens is 1. The van der Waals surface area contributed by atoms with Gasteiger partial charge in [-0.2, -0.15) is 4.31 Å². The number of hydrogen-bond acceptors (Lipinski definition) is 8. The van der Waals surface area contributed by atoms with Crippen molar-refractivity contribution in [2.45, 2.75) is 31.3 Å². The molecule has 0 aliphatic carbocycles.